The first-order valence-corrected chi connectivity index (χ1v) is 8.13. The topological polar surface area (TPSA) is 102 Å². The highest BCUT2D eigenvalue weighted by Crippen LogP contribution is 2.20. The Kier molecular flexibility index (Phi) is 6.22. The Labute approximate surface area is 131 Å². The molecule has 4 N–H and O–H groups in total. The smallest absolute Gasteiger partial charge is 0.426 e. The number of rotatable bonds is 5. The number of carbonyl (C=O) groups is 2. The van der Waals surface area contributed by atoms with Gasteiger partial charge in [-0.2, -0.15) is 0 Å². The summed E-state index contributed by atoms with van der Waals surface area (Å²) in [6.07, 6.45) is 5.18. The number of carbonyl (C=O) groups excluding carboxylic acids is 2. The molecule has 1 aliphatic heterocycles. The molecular weight excluding hydrogens is 285 g/mol. The van der Waals surface area contributed by atoms with Crippen molar-refractivity contribution in [3.63, 3.8) is 0 Å². The Balaban J connectivity index is 1.70. The van der Waals surface area contributed by atoms with Gasteiger partial charge in [-0.1, -0.05) is 0 Å². The van der Waals surface area contributed by atoms with Crippen LogP contribution in [0, 0.1) is 0 Å². The van der Waals surface area contributed by atoms with Gasteiger partial charge < -0.3 is 25.6 Å². The van der Waals surface area contributed by atoms with Crippen molar-refractivity contribution >= 4 is 18.9 Å². The zero-order chi connectivity index (χ0) is 16.1. The maximum atomic E-state index is 12.2. The number of hydrogen-bond donors (Lipinski definition) is 4. The van der Waals surface area contributed by atoms with E-state index >= 15 is 0 Å². The monoisotopic (exact) mass is 311 g/mol. The molecule has 1 atom stereocenters. The largest absolute Gasteiger partial charge is 0.475 e. The summed E-state index contributed by atoms with van der Waals surface area (Å²) in [5.41, 5.74) is 0. The number of nitrogens with one attached hydrogen (secondary N) is 2. The van der Waals surface area contributed by atoms with Crippen LogP contribution in [-0.4, -0.2) is 65.0 Å². The lowest BCUT2D eigenvalue weighted by atomic mass is 9.78. The molecule has 0 bridgehead atoms. The molecule has 2 rings (SSSR count). The van der Waals surface area contributed by atoms with Crippen molar-refractivity contribution in [2.24, 2.45) is 0 Å². The standard InChI is InChI=1S/C14H26BN3O4/c1-10(19)17-12-6-4-11(5-7-12)16-9-14(20)18-8-2-3-13(18)15(21)22/h11-13,16,21-22H,2-9H2,1H3,(H,17,19). The maximum absolute atomic E-state index is 12.2. The summed E-state index contributed by atoms with van der Waals surface area (Å²) in [5.74, 6) is -0.529. The van der Waals surface area contributed by atoms with Crippen molar-refractivity contribution in [3.05, 3.63) is 0 Å². The first kappa shape index (κ1) is 17.2. The van der Waals surface area contributed by atoms with Crippen LogP contribution in [0.4, 0.5) is 0 Å². The fourth-order valence-electron chi connectivity index (χ4n) is 3.47. The van der Waals surface area contributed by atoms with Gasteiger partial charge in [0, 0.05) is 25.6 Å². The third kappa shape index (κ3) is 4.69. The highest BCUT2D eigenvalue weighted by atomic mass is 16.4. The zero-order valence-electron chi connectivity index (χ0n) is 13.1. The summed E-state index contributed by atoms with van der Waals surface area (Å²) < 4.78 is 0. The van der Waals surface area contributed by atoms with Gasteiger partial charge in [0.1, 0.15) is 0 Å². The van der Waals surface area contributed by atoms with E-state index in [1.54, 1.807) is 4.90 Å². The van der Waals surface area contributed by atoms with E-state index in [4.69, 9.17) is 0 Å². The van der Waals surface area contributed by atoms with Gasteiger partial charge in [-0.25, -0.2) is 0 Å². The molecule has 1 saturated carbocycles. The van der Waals surface area contributed by atoms with Crippen molar-refractivity contribution in [2.75, 3.05) is 13.1 Å². The first-order valence-electron chi connectivity index (χ1n) is 8.13. The molecule has 0 aromatic heterocycles. The SMILES string of the molecule is CC(=O)NC1CCC(NCC(=O)N2CCCC2B(O)O)CC1. The first-order chi connectivity index (χ1) is 10.5. The second-order valence-electron chi connectivity index (χ2n) is 6.34. The lowest BCUT2D eigenvalue weighted by Crippen LogP contribution is -2.50. The molecule has 8 heteroatoms. The van der Waals surface area contributed by atoms with Crippen LogP contribution in [0.25, 0.3) is 0 Å². The molecule has 7 nitrogen and oxygen atoms in total. The fourth-order valence-corrected chi connectivity index (χ4v) is 3.47. The Bertz CT molecular complexity index is 400. The second-order valence-corrected chi connectivity index (χ2v) is 6.34. The van der Waals surface area contributed by atoms with Crippen LogP contribution < -0.4 is 10.6 Å². The quantitative estimate of drug-likeness (QED) is 0.489. The minimum absolute atomic E-state index is 0.00854. The molecule has 0 aromatic carbocycles. The van der Waals surface area contributed by atoms with Crippen LogP contribution >= 0.6 is 0 Å². The van der Waals surface area contributed by atoms with Crippen molar-refractivity contribution in [1.29, 1.82) is 0 Å². The van der Waals surface area contributed by atoms with E-state index in [-0.39, 0.29) is 30.4 Å². The van der Waals surface area contributed by atoms with Gasteiger partial charge in [0.25, 0.3) is 0 Å². The molecule has 1 aliphatic carbocycles. The summed E-state index contributed by atoms with van der Waals surface area (Å²) in [4.78, 5) is 24.8. The van der Waals surface area contributed by atoms with Gasteiger partial charge >= 0.3 is 7.12 Å². The molecule has 124 valence electrons. The number of likely N-dealkylation sites (tertiary alicyclic amines) is 1. The second kappa shape index (κ2) is 7.94. The number of amides is 2. The highest BCUT2D eigenvalue weighted by molar-refractivity contribution is 6.43. The summed E-state index contributed by atoms with van der Waals surface area (Å²) in [5, 5.41) is 24.8. The number of hydrogen-bond acceptors (Lipinski definition) is 5. The van der Waals surface area contributed by atoms with E-state index in [0.717, 1.165) is 32.1 Å². The Hall–Kier alpha value is -1.12. The fraction of sp³-hybridized carbons (Fsp3) is 0.857. The van der Waals surface area contributed by atoms with Crippen LogP contribution in [0.1, 0.15) is 45.4 Å². The van der Waals surface area contributed by atoms with E-state index in [1.807, 2.05) is 0 Å². The van der Waals surface area contributed by atoms with Gasteiger partial charge in [0.2, 0.25) is 11.8 Å². The molecule has 2 aliphatic rings. The minimum atomic E-state index is -1.46. The number of nitrogens with zero attached hydrogens (tertiary/aromatic N) is 1. The molecule has 1 unspecified atom stereocenters. The molecule has 0 aromatic rings. The normalized spacial score (nSPS) is 28.5. The predicted octanol–water partition coefficient (Wildman–Crippen LogP) is -0.974. The van der Waals surface area contributed by atoms with Crippen LogP contribution in [0.2, 0.25) is 0 Å². The Morgan fingerprint density at radius 3 is 2.36 bits per heavy atom. The van der Waals surface area contributed by atoms with E-state index in [9.17, 15) is 19.6 Å². The van der Waals surface area contributed by atoms with Crippen molar-refractivity contribution in [3.8, 4) is 0 Å². The summed E-state index contributed by atoms with van der Waals surface area (Å²) in [7, 11) is -1.46. The van der Waals surface area contributed by atoms with E-state index in [0.29, 0.717) is 13.0 Å². The molecule has 0 radical (unpaired) electrons. The van der Waals surface area contributed by atoms with Gasteiger partial charge in [-0.15, -0.1) is 0 Å². The van der Waals surface area contributed by atoms with Crippen LogP contribution in [-0.2, 0) is 9.59 Å². The molecule has 1 heterocycles. The maximum Gasteiger partial charge on any atom is 0.475 e. The van der Waals surface area contributed by atoms with Crippen molar-refractivity contribution < 1.29 is 19.6 Å². The van der Waals surface area contributed by atoms with Crippen LogP contribution in [0.15, 0.2) is 0 Å². The zero-order valence-corrected chi connectivity index (χ0v) is 13.1. The lowest BCUT2D eigenvalue weighted by Gasteiger charge is -2.30. The van der Waals surface area contributed by atoms with Crippen LogP contribution in [0.3, 0.4) is 0 Å². The Morgan fingerprint density at radius 2 is 1.77 bits per heavy atom. The average molecular weight is 311 g/mol. The highest BCUT2D eigenvalue weighted by Gasteiger charge is 2.36. The van der Waals surface area contributed by atoms with Crippen molar-refractivity contribution in [2.45, 2.75) is 63.5 Å². The third-order valence-corrected chi connectivity index (χ3v) is 4.64. The average Bonchev–Trinajstić information content (AvgIpc) is 2.95. The predicted molar refractivity (Wildman–Crippen MR) is 82.8 cm³/mol. The summed E-state index contributed by atoms with van der Waals surface area (Å²) in [6.45, 7) is 2.36. The summed E-state index contributed by atoms with van der Waals surface area (Å²) >= 11 is 0. The van der Waals surface area contributed by atoms with E-state index in [1.165, 1.54) is 6.92 Å². The molecule has 1 saturated heterocycles. The van der Waals surface area contributed by atoms with E-state index in [2.05, 4.69) is 10.6 Å². The van der Waals surface area contributed by atoms with Crippen LogP contribution in [0.5, 0.6) is 0 Å². The third-order valence-electron chi connectivity index (χ3n) is 4.64. The van der Waals surface area contributed by atoms with Gasteiger partial charge in [-0.05, 0) is 38.5 Å². The minimum Gasteiger partial charge on any atom is -0.426 e. The molecule has 2 amide bonds. The lowest BCUT2D eigenvalue weighted by molar-refractivity contribution is -0.130. The molecular formula is C14H26BN3O4. The van der Waals surface area contributed by atoms with E-state index < -0.39 is 13.1 Å². The molecule has 2 fully saturated rings. The van der Waals surface area contributed by atoms with Gasteiger partial charge in [-0.3, -0.25) is 9.59 Å². The summed E-state index contributed by atoms with van der Waals surface area (Å²) in [6, 6.07) is 0.535. The molecule has 0 spiro atoms. The van der Waals surface area contributed by atoms with Gasteiger partial charge in [0.05, 0.1) is 12.5 Å². The van der Waals surface area contributed by atoms with Gasteiger partial charge in [0.15, 0.2) is 0 Å². The Morgan fingerprint density at radius 1 is 1.14 bits per heavy atom. The molecule has 22 heavy (non-hydrogen) atoms. The van der Waals surface area contributed by atoms with Crippen molar-refractivity contribution in [1.82, 2.24) is 15.5 Å².